The number of H-pyrrole nitrogens is 1. The van der Waals surface area contributed by atoms with E-state index in [-0.39, 0.29) is 16.1 Å². The topological polar surface area (TPSA) is 93.0 Å². The minimum absolute atomic E-state index is 0.123. The molecule has 1 saturated heterocycles. The number of piperidine rings is 1. The molecule has 1 aromatic heterocycles. The molecule has 2 aromatic carbocycles. The van der Waals surface area contributed by atoms with Gasteiger partial charge in [0.25, 0.3) is 0 Å². The zero-order chi connectivity index (χ0) is 20.6. The molecule has 1 fully saturated rings. The van der Waals surface area contributed by atoms with Crippen LogP contribution >= 0.6 is 11.6 Å². The third-order valence-corrected chi connectivity index (χ3v) is 5.50. The Kier molecular flexibility index (Phi) is 5.14. The Hall–Kier alpha value is -2.71. The van der Waals surface area contributed by atoms with E-state index < -0.39 is 29.4 Å². The van der Waals surface area contributed by atoms with E-state index in [2.05, 4.69) is 15.5 Å². The monoisotopic (exact) mass is 420 g/mol. The van der Waals surface area contributed by atoms with Gasteiger partial charge in [-0.1, -0.05) is 18.0 Å². The van der Waals surface area contributed by atoms with E-state index in [0.29, 0.717) is 23.9 Å². The number of nitrogens with two attached hydrogens (primary N) is 1. The van der Waals surface area contributed by atoms with Gasteiger partial charge in [0.1, 0.15) is 17.2 Å². The van der Waals surface area contributed by atoms with Crippen molar-refractivity contribution >= 4 is 28.6 Å². The van der Waals surface area contributed by atoms with Crippen LogP contribution in [0.25, 0.3) is 10.9 Å². The number of aromatic amines is 1. The molecule has 2 heterocycles. The van der Waals surface area contributed by atoms with Crippen molar-refractivity contribution in [2.45, 2.75) is 30.9 Å². The summed E-state index contributed by atoms with van der Waals surface area (Å²) in [7, 11) is 0. The maximum Gasteiger partial charge on any atom is 0.405 e. The Morgan fingerprint density at radius 3 is 2.69 bits per heavy atom. The highest BCUT2D eigenvalue weighted by Gasteiger charge is 2.47. The highest BCUT2D eigenvalue weighted by Crippen LogP contribution is 2.42. The second kappa shape index (κ2) is 7.61. The van der Waals surface area contributed by atoms with Gasteiger partial charge in [-0.05, 0) is 49.7 Å². The fraction of sp³-hybridized carbons (Fsp3) is 0.300. The van der Waals surface area contributed by atoms with Crippen LogP contribution < -0.4 is 11.1 Å². The van der Waals surface area contributed by atoms with Crippen LogP contribution in [0, 0.1) is 11.6 Å². The highest BCUT2D eigenvalue weighted by molar-refractivity contribution is 6.30. The van der Waals surface area contributed by atoms with Crippen LogP contribution in [0.5, 0.6) is 0 Å². The predicted octanol–water partition coefficient (Wildman–Crippen LogP) is 3.98. The van der Waals surface area contributed by atoms with E-state index in [1.165, 1.54) is 24.4 Å². The second-order valence-electron chi connectivity index (χ2n) is 7.11. The lowest BCUT2D eigenvalue weighted by Gasteiger charge is -2.42. The first kappa shape index (κ1) is 19.6. The van der Waals surface area contributed by atoms with Gasteiger partial charge >= 0.3 is 6.09 Å². The molecule has 6 nitrogen and oxygen atoms in total. The second-order valence-corrected chi connectivity index (χ2v) is 7.55. The number of benzene rings is 2. The lowest BCUT2D eigenvalue weighted by molar-refractivity contribution is 0.00631. The molecular formula is C20H19ClF2N4O2. The number of hydrogen-bond acceptors (Lipinski definition) is 4. The number of carbonyl (C=O) groups is 1. The molecular weight excluding hydrogens is 402 g/mol. The van der Waals surface area contributed by atoms with E-state index >= 15 is 0 Å². The van der Waals surface area contributed by atoms with Crippen molar-refractivity contribution in [1.29, 1.82) is 0 Å². The number of hydrogen-bond donors (Lipinski definition) is 3. The van der Waals surface area contributed by atoms with Gasteiger partial charge in [-0.25, -0.2) is 13.6 Å². The Morgan fingerprint density at radius 2 is 2.00 bits per heavy atom. The summed E-state index contributed by atoms with van der Waals surface area (Å²) in [4.78, 5) is 12.0. The number of primary amides is 1. The Morgan fingerprint density at radius 1 is 1.21 bits per heavy atom. The molecule has 29 heavy (non-hydrogen) atoms. The molecule has 2 atom stereocenters. The first-order valence-electron chi connectivity index (χ1n) is 9.21. The number of ether oxygens (including phenoxy) is 1. The van der Waals surface area contributed by atoms with Crippen LogP contribution in [0.2, 0.25) is 5.02 Å². The van der Waals surface area contributed by atoms with Gasteiger partial charge in [0.15, 0.2) is 5.60 Å². The maximum atomic E-state index is 14.8. The molecule has 1 aliphatic rings. The van der Waals surface area contributed by atoms with Gasteiger partial charge in [0.2, 0.25) is 0 Å². The Balaban J connectivity index is 2.03. The average Bonchev–Trinajstić information content (AvgIpc) is 3.15. The van der Waals surface area contributed by atoms with Crippen molar-refractivity contribution in [3.05, 3.63) is 64.3 Å². The summed E-state index contributed by atoms with van der Waals surface area (Å²) in [6, 6.07) is 6.31. The van der Waals surface area contributed by atoms with Crippen molar-refractivity contribution in [2.24, 2.45) is 5.73 Å². The van der Waals surface area contributed by atoms with Gasteiger partial charge in [0, 0.05) is 21.5 Å². The number of carbonyl (C=O) groups excluding carboxylic acids is 1. The summed E-state index contributed by atoms with van der Waals surface area (Å²) < 4.78 is 34.8. The summed E-state index contributed by atoms with van der Waals surface area (Å²) in [5.41, 5.74) is 4.65. The van der Waals surface area contributed by atoms with Crippen LogP contribution in [0.1, 0.15) is 30.4 Å². The fourth-order valence-electron chi connectivity index (χ4n) is 4.11. The molecule has 4 N–H and O–H groups in total. The molecule has 0 aliphatic carbocycles. The molecule has 0 radical (unpaired) electrons. The number of nitrogens with one attached hydrogen (secondary N) is 2. The van der Waals surface area contributed by atoms with Gasteiger partial charge in [-0.3, -0.25) is 5.10 Å². The maximum absolute atomic E-state index is 14.8. The van der Waals surface area contributed by atoms with Crippen molar-refractivity contribution in [3.8, 4) is 0 Å². The van der Waals surface area contributed by atoms with Crippen molar-refractivity contribution in [3.63, 3.8) is 0 Å². The zero-order valence-electron chi connectivity index (χ0n) is 15.3. The van der Waals surface area contributed by atoms with Gasteiger partial charge in [-0.2, -0.15) is 5.10 Å². The highest BCUT2D eigenvalue weighted by atomic mass is 35.5. The molecule has 3 aromatic rings. The molecule has 0 saturated carbocycles. The number of amides is 1. The molecule has 152 valence electrons. The largest absolute Gasteiger partial charge is 0.432 e. The van der Waals surface area contributed by atoms with Crippen molar-refractivity contribution in [1.82, 2.24) is 15.5 Å². The summed E-state index contributed by atoms with van der Waals surface area (Å²) >= 11 is 6.11. The molecule has 1 aliphatic heterocycles. The number of aromatic nitrogens is 2. The minimum atomic E-state index is -1.58. The molecule has 1 amide bonds. The number of rotatable bonds is 4. The summed E-state index contributed by atoms with van der Waals surface area (Å²) in [5.74, 6) is -1.18. The van der Waals surface area contributed by atoms with Crippen molar-refractivity contribution < 1.29 is 18.3 Å². The Bertz CT molecular complexity index is 1050. The lowest BCUT2D eigenvalue weighted by Crippen LogP contribution is -2.54. The summed E-state index contributed by atoms with van der Waals surface area (Å²) in [6.45, 7) is 0.661. The van der Waals surface area contributed by atoms with E-state index in [4.69, 9.17) is 22.1 Å². The Labute approximate surface area is 170 Å². The minimum Gasteiger partial charge on any atom is -0.432 e. The number of fused-ring (bicyclic) bond motifs is 1. The molecule has 0 bridgehead atoms. The molecule has 9 heteroatoms. The first-order chi connectivity index (χ1) is 13.9. The zero-order valence-corrected chi connectivity index (χ0v) is 16.1. The predicted molar refractivity (Wildman–Crippen MR) is 105 cm³/mol. The standard InChI is InChI=1S/C20H19ClF2N4O2/c21-14-6-13(7-15(22)9-14)20(29-19(24)28,17-3-1-2-4-25-17)12-5-11-10-26-27-18(11)16(23)8-12/h5-10,17,25H,1-4H2,(H2,24,28)(H,26,27). The van der Waals surface area contributed by atoms with E-state index in [1.54, 1.807) is 6.07 Å². The van der Waals surface area contributed by atoms with Crippen LogP contribution in [0.3, 0.4) is 0 Å². The summed E-state index contributed by atoms with van der Waals surface area (Å²) in [6.07, 6.45) is 2.78. The van der Waals surface area contributed by atoms with Crippen LogP contribution in [0.15, 0.2) is 36.5 Å². The van der Waals surface area contributed by atoms with Crippen molar-refractivity contribution in [2.75, 3.05) is 6.54 Å². The number of nitrogens with zero attached hydrogens (tertiary/aromatic N) is 1. The SMILES string of the molecule is NC(=O)OC(c1cc(F)cc(Cl)c1)(c1cc(F)c2[nH]ncc2c1)C1CCCCN1. The lowest BCUT2D eigenvalue weighted by atomic mass is 9.76. The first-order valence-corrected chi connectivity index (χ1v) is 9.59. The van der Waals surface area contributed by atoms with Gasteiger partial charge < -0.3 is 15.8 Å². The quantitative estimate of drug-likeness (QED) is 0.595. The smallest absolute Gasteiger partial charge is 0.405 e. The van der Waals surface area contributed by atoms with E-state index in [9.17, 15) is 13.6 Å². The third kappa shape index (κ3) is 3.54. The summed E-state index contributed by atoms with van der Waals surface area (Å²) in [5, 5.41) is 10.4. The van der Waals surface area contributed by atoms with E-state index in [1.807, 2.05) is 0 Å². The van der Waals surface area contributed by atoms with E-state index in [0.717, 1.165) is 18.9 Å². The van der Waals surface area contributed by atoms with Crippen LogP contribution in [-0.2, 0) is 10.3 Å². The fourth-order valence-corrected chi connectivity index (χ4v) is 4.33. The third-order valence-electron chi connectivity index (χ3n) is 5.28. The van der Waals surface area contributed by atoms with Gasteiger partial charge in [0.05, 0.1) is 12.2 Å². The molecule has 4 rings (SSSR count). The molecule has 0 spiro atoms. The normalized spacial score (nSPS) is 19.1. The van der Waals surface area contributed by atoms with Crippen LogP contribution in [0.4, 0.5) is 13.6 Å². The van der Waals surface area contributed by atoms with Crippen LogP contribution in [-0.4, -0.2) is 28.9 Å². The molecule has 2 unspecified atom stereocenters. The van der Waals surface area contributed by atoms with Gasteiger partial charge in [-0.15, -0.1) is 0 Å². The average molecular weight is 421 g/mol. The number of halogens is 3.